The Bertz CT molecular complexity index is 715. The Hall–Kier alpha value is -1.84. The van der Waals surface area contributed by atoms with E-state index in [9.17, 15) is 13.2 Å². The predicted molar refractivity (Wildman–Crippen MR) is 100 cm³/mol. The molecule has 9 heteroatoms. The minimum Gasteiger partial charge on any atom is -0.495 e. The lowest BCUT2D eigenvalue weighted by atomic mass is 10.2. The van der Waals surface area contributed by atoms with E-state index < -0.39 is 16.0 Å². The zero-order valence-corrected chi connectivity index (χ0v) is 16.3. The third-order valence-electron chi connectivity index (χ3n) is 4.37. The van der Waals surface area contributed by atoms with Crippen molar-refractivity contribution in [2.75, 3.05) is 64.5 Å². The monoisotopic (exact) mass is 385 g/mol. The van der Waals surface area contributed by atoms with E-state index in [1.807, 2.05) is 0 Å². The maximum Gasteiger partial charge on any atom is 0.337 e. The third-order valence-corrected chi connectivity index (χ3v) is 5.73. The van der Waals surface area contributed by atoms with Crippen molar-refractivity contribution in [3.63, 3.8) is 0 Å². The lowest BCUT2D eigenvalue weighted by Crippen LogP contribution is -2.45. The molecule has 1 heterocycles. The van der Waals surface area contributed by atoms with Crippen LogP contribution in [0.1, 0.15) is 16.8 Å². The molecule has 0 bridgehead atoms. The average Bonchev–Trinajstić information content (AvgIpc) is 2.62. The zero-order valence-electron chi connectivity index (χ0n) is 15.5. The van der Waals surface area contributed by atoms with Crippen molar-refractivity contribution < 1.29 is 22.7 Å². The summed E-state index contributed by atoms with van der Waals surface area (Å²) in [5.41, 5.74) is 0.485. The zero-order chi connectivity index (χ0) is 19.2. The molecule has 26 heavy (non-hydrogen) atoms. The Labute approximate surface area is 155 Å². The Balaban J connectivity index is 1.96. The first-order valence-corrected chi connectivity index (χ1v) is 10.2. The second-order valence-electron chi connectivity index (χ2n) is 6.33. The fraction of sp³-hybridized carbons (Fsp3) is 0.588. The number of carbonyl (C=O) groups is 1. The van der Waals surface area contributed by atoms with E-state index in [4.69, 9.17) is 4.74 Å². The number of sulfonamides is 1. The van der Waals surface area contributed by atoms with Crippen molar-refractivity contribution in [2.45, 2.75) is 6.42 Å². The smallest absolute Gasteiger partial charge is 0.337 e. The lowest BCUT2D eigenvalue weighted by molar-refractivity contribution is 0.0600. The van der Waals surface area contributed by atoms with Crippen LogP contribution in [0.2, 0.25) is 0 Å². The van der Waals surface area contributed by atoms with Crippen LogP contribution in [-0.2, 0) is 14.8 Å². The number of anilines is 1. The predicted octanol–water partition coefficient (Wildman–Crippen LogP) is 0.861. The van der Waals surface area contributed by atoms with Crippen LogP contribution in [0.4, 0.5) is 5.69 Å². The van der Waals surface area contributed by atoms with E-state index in [1.54, 1.807) is 0 Å². The molecule has 0 spiro atoms. The van der Waals surface area contributed by atoms with Gasteiger partial charge in [-0.2, -0.15) is 0 Å². The fourth-order valence-electron chi connectivity index (χ4n) is 2.80. The Morgan fingerprint density at radius 2 is 1.88 bits per heavy atom. The van der Waals surface area contributed by atoms with Gasteiger partial charge >= 0.3 is 5.97 Å². The van der Waals surface area contributed by atoms with Crippen LogP contribution in [-0.4, -0.2) is 83.9 Å². The highest BCUT2D eigenvalue weighted by atomic mass is 32.2. The van der Waals surface area contributed by atoms with Gasteiger partial charge in [-0.1, -0.05) is 0 Å². The summed E-state index contributed by atoms with van der Waals surface area (Å²) in [5, 5.41) is 0. The molecule has 1 N–H and O–H groups in total. The summed E-state index contributed by atoms with van der Waals surface area (Å²) in [5.74, 6) is -0.186. The van der Waals surface area contributed by atoms with Gasteiger partial charge < -0.3 is 19.3 Å². The largest absolute Gasteiger partial charge is 0.495 e. The number of carbonyl (C=O) groups excluding carboxylic acids is 1. The topological polar surface area (TPSA) is 88.2 Å². The standard InChI is InChI=1S/C17H27N3O5S/c1-19-8-10-20(11-9-19)7-4-12-26(22,23)18-15-13-14(17(21)25-3)5-6-16(15)24-2/h5-6,13,18H,4,7-12H2,1-3H3. The summed E-state index contributed by atoms with van der Waals surface area (Å²) in [6.07, 6.45) is 0.540. The molecular formula is C17H27N3O5S. The summed E-state index contributed by atoms with van der Waals surface area (Å²) >= 11 is 0. The van der Waals surface area contributed by atoms with Crippen LogP contribution in [0, 0.1) is 0 Å². The van der Waals surface area contributed by atoms with Gasteiger partial charge in [-0.3, -0.25) is 4.72 Å². The van der Waals surface area contributed by atoms with Gasteiger partial charge in [-0.25, -0.2) is 13.2 Å². The molecule has 0 unspecified atom stereocenters. The molecule has 1 fully saturated rings. The second-order valence-corrected chi connectivity index (χ2v) is 8.17. The Morgan fingerprint density at radius 1 is 1.19 bits per heavy atom. The number of benzene rings is 1. The van der Waals surface area contributed by atoms with Crippen molar-refractivity contribution in [3.8, 4) is 5.75 Å². The van der Waals surface area contributed by atoms with Gasteiger partial charge in [0.05, 0.1) is 31.2 Å². The molecule has 0 amide bonds. The highest BCUT2D eigenvalue weighted by molar-refractivity contribution is 7.92. The molecule has 1 aliphatic heterocycles. The number of ether oxygens (including phenoxy) is 2. The molecule has 1 aromatic carbocycles. The SMILES string of the molecule is COC(=O)c1ccc(OC)c(NS(=O)(=O)CCCN2CCN(C)CC2)c1. The minimum absolute atomic E-state index is 0.00491. The van der Waals surface area contributed by atoms with Crippen LogP contribution >= 0.6 is 0 Å². The van der Waals surface area contributed by atoms with Gasteiger partial charge in [0.15, 0.2) is 0 Å². The van der Waals surface area contributed by atoms with Crippen molar-refractivity contribution in [1.29, 1.82) is 0 Å². The van der Waals surface area contributed by atoms with Gasteiger partial charge in [0.2, 0.25) is 10.0 Å². The van der Waals surface area contributed by atoms with E-state index in [0.29, 0.717) is 12.2 Å². The third kappa shape index (κ3) is 5.86. The molecule has 8 nitrogen and oxygen atoms in total. The summed E-state index contributed by atoms with van der Waals surface area (Å²) in [7, 11) is 1.25. The van der Waals surface area contributed by atoms with Crippen molar-refractivity contribution >= 4 is 21.7 Å². The number of nitrogens with zero attached hydrogens (tertiary/aromatic N) is 2. The summed E-state index contributed by atoms with van der Waals surface area (Å²) in [6.45, 7) is 4.66. The van der Waals surface area contributed by atoms with E-state index >= 15 is 0 Å². The van der Waals surface area contributed by atoms with Gasteiger partial charge in [0.25, 0.3) is 0 Å². The highest BCUT2D eigenvalue weighted by Crippen LogP contribution is 2.27. The number of likely N-dealkylation sites (N-methyl/N-ethyl adjacent to an activating group) is 1. The summed E-state index contributed by atoms with van der Waals surface area (Å²) in [4.78, 5) is 16.2. The summed E-state index contributed by atoms with van der Waals surface area (Å²) in [6, 6.07) is 4.48. The average molecular weight is 385 g/mol. The maximum atomic E-state index is 12.4. The molecule has 0 saturated carbocycles. The fourth-order valence-corrected chi connectivity index (χ4v) is 3.91. The van der Waals surface area contributed by atoms with Crippen LogP contribution in [0.15, 0.2) is 18.2 Å². The minimum atomic E-state index is -3.55. The van der Waals surface area contributed by atoms with Crippen LogP contribution in [0.25, 0.3) is 0 Å². The number of methoxy groups -OCH3 is 2. The quantitative estimate of drug-likeness (QED) is 0.664. The van der Waals surface area contributed by atoms with E-state index in [2.05, 4.69) is 26.3 Å². The lowest BCUT2D eigenvalue weighted by Gasteiger charge is -2.32. The molecule has 0 radical (unpaired) electrons. The Morgan fingerprint density at radius 3 is 2.50 bits per heavy atom. The van der Waals surface area contributed by atoms with Crippen LogP contribution in [0.5, 0.6) is 5.75 Å². The van der Waals surface area contributed by atoms with E-state index in [-0.39, 0.29) is 17.0 Å². The maximum absolute atomic E-state index is 12.4. The molecule has 146 valence electrons. The molecule has 1 aromatic rings. The van der Waals surface area contributed by atoms with E-state index in [0.717, 1.165) is 32.7 Å². The molecule has 0 atom stereocenters. The highest BCUT2D eigenvalue weighted by Gasteiger charge is 2.18. The number of hydrogen-bond donors (Lipinski definition) is 1. The normalized spacial score (nSPS) is 16.3. The van der Waals surface area contributed by atoms with Crippen molar-refractivity contribution in [2.24, 2.45) is 0 Å². The van der Waals surface area contributed by atoms with Crippen LogP contribution < -0.4 is 9.46 Å². The van der Waals surface area contributed by atoms with Gasteiger partial charge in [0, 0.05) is 26.2 Å². The number of hydrogen-bond acceptors (Lipinski definition) is 7. The van der Waals surface area contributed by atoms with Crippen molar-refractivity contribution in [1.82, 2.24) is 9.80 Å². The number of piperazine rings is 1. The number of nitrogens with one attached hydrogen (secondary N) is 1. The molecular weight excluding hydrogens is 358 g/mol. The first-order chi connectivity index (χ1) is 12.3. The van der Waals surface area contributed by atoms with Gasteiger partial charge in [-0.05, 0) is 38.2 Å². The molecule has 0 aliphatic carbocycles. The number of rotatable bonds is 8. The molecule has 1 aliphatic rings. The number of esters is 1. The van der Waals surface area contributed by atoms with E-state index in [1.165, 1.54) is 32.4 Å². The van der Waals surface area contributed by atoms with Crippen molar-refractivity contribution in [3.05, 3.63) is 23.8 Å². The Kier molecular flexibility index (Phi) is 7.24. The molecule has 0 aromatic heterocycles. The molecule has 1 saturated heterocycles. The van der Waals surface area contributed by atoms with Gasteiger partial charge in [0.1, 0.15) is 5.75 Å². The first-order valence-electron chi connectivity index (χ1n) is 8.52. The van der Waals surface area contributed by atoms with Gasteiger partial charge in [-0.15, -0.1) is 0 Å². The second kappa shape index (κ2) is 9.20. The summed E-state index contributed by atoms with van der Waals surface area (Å²) < 4.78 is 37.2. The molecule has 2 rings (SSSR count). The van der Waals surface area contributed by atoms with Crippen LogP contribution in [0.3, 0.4) is 0 Å². The first kappa shape index (κ1) is 20.5.